The summed E-state index contributed by atoms with van der Waals surface area (Å²) in [4.78, 5) is 42.6. The van der Waals surface area contributed by atoms with Crippen LogP contribution in [-0.2, 0) is 9.53 Å². The zero-order valence-electron chi connectivity index (χ0n) is 17.7. The molecule has 2 aliphatic heterocycles. The van der Waals surface area contributed by atoms with Crippen molar-refractivity contribution < 1.29 is 19.1 Å². The van der Waals surface area contributed by atoms with Crippen molar-refractivity contribution in [2.45, 2.75) is 51.6 Å². The van der Waals surface area contributed by atoms with Crippen molar-refractivity contribution in [3.8, 4) is 0 Å². The number of aromatic nitrogens is 1. The highest BCUT2D eigenvalue weighted by molar-refractivity contribution is 6.06. The summed E-state index contributed by atoms with van der Waals surface area (Å²) in [6.07, 6.45) is 1.79. The summed E-state index contributed by atoms with van der Waals surface area (Å²) in [7, 11) is 0. The van der Waals surface area contributed by atoms with Crippen molar-refractivity contribution in [1.29, 1.82) is 0 Å². The van der Waals surface area contributed by atoms with Crippen LogP contribution in [-0.4, -0.2) is 53.2 Å². The maximum Gasteiger partial charge on any atom is 0.410 e. The summed E-state index contributed by atoms with van der Waals surface area (Å²) in [6, 6.07) is 7.60. The van der Waals surface area contributed by atoms with Crippen LogP contribution < -0.4 is 10.2 Å². The summed E-state index contributed by atoms with van der Waals surface area (Å²) in [6.45, 7) is 7.35. The number of likely N-dealkylation sites (tertiary alicyclic amines) is 1. The number of urea groups is 1. The smallest absolute Gasteiger partial charge is 0.410 e. The van der Waals surface area contributed by atoms with Crippen molar-refractivity contribution >= 4 is 34.6 Å². The maximum atomic E-state index is 12.3. The number of carbonyl (C=O) groups excluding carboxylic acids is 3. The van der Waals surface area contributed by atoms with Crippen LogP contribution in [0.25, 0.3) is 10.9 Å². The first-order valence-electron chi connectivity index (χ1n) is 10.4. The van der Waals surface area contributed by atoms with Crippen LogP contribution in [0.1, 0.15) is 51.6 Å². The van der Waals surface area contributed by atoms with Crippen LogP contribution >= 0.6 is 0 Å². The van der Waals surface area contributed by atoms with Gasteiger partial charge in [0, 0.05) is 48.9 Å². The molecular weight excluding hydrogens is 384 g/mol. The Labute approximate surface area is 175 Å². The number of benzene rings is 1. The third-order valence-electron chi connectivity index (χ3n) is 5.58. The molecule has 1 aromatic carbocycles. The lowest BCUT2D eigenvalue weighted by molar-refractivity contribution is -0.120. The molecule has 0 unspecified atom stereocenters. The lowest BCUT2D eigenvalue weighted by atomic mass is 9.94. The van der Waals surface area contributed by atoms with Gasteiger partial charge in [0.15, 0.2) is 0 Å². The predicted molar refractivity (Wildman–Crippen MR) is 114 cm³/mol. The van der Waals surface area contributed by atoms with Crippen LogP contribution in [0.5, 0.6) is 0 Å². The minimum Gasteiger partial charge on any atom is -0.444 e. The number of rotatable bonds is 2. The molecule has 0 bridgehead atoms. The number of carbonyl (C=O) groups is 3. The van der Waals surface area contributed by atoms with Gasteiger partial charge >= 0.3 is 12.1 Å². The van der Waals surface area contributed by atoms with Crippen LogP contribution in [0.2, 0.25) is 0 Å². The Morgan fingerprint density at radius 2 is 1.83 bits per heavy atom. The molecule has 1 aromatic heterocycles. The van der Waals surface area contributed by atoms with Gasteiger partial charge in [-0.1, -0.05) is 6.07 Å². The van der Waals surface area contributed by atoms with Gasteiger partial charge in [0.25, 0.3) is 0 Å². The van der Waals surface area contributed by atoms with E-state index >= 15 is 0 Å². The molecule has 8 nitrogen and oxygen atoms in total. The summed E-state index contributed by atoms with van der Waals surface area (Å²) >= 11 is 0. The molecule has 2 aromatic rings. The molecule has 4 rings (SSSR count). The average Bonchev–Trinajstić information content (AvgIpc) is 3.10. The molecule has 0 spiro atoms. The van der Waals surface area contributed by atoms with E-state index in [0.29, 0.717) is 32.0 Å². The number of anilines is 1. The van der Waals surface area contributed by atoms with Gasteiger partial charge < -0.3 is 14.6 Å². The zero-order valence-corrected chi connectivity index (χ0v) is 17.7. The minimum absolute atomic E-state index is 0.239. The monoisotopic (exact) mass is 412 g/mol. The highest BCUT2D eigenvalue weighted by atomic mass is 16.6. The van der Waals surface area contributed by atoms with E-state index < -0.39 is 5.60 Å². The molecule has 0 aliphatic carbocycles. The average molecular weight is 412 g/mol. The number of aromatic amines is 1. The lowest BCUT2D eigenvalue weighted by Crippen LogP contribution is -2.49. The number of nitrogens with one attached hydrogen (secondary N) is 2. The largest absolute Gasteiger partial charge is 0.444 e. The van der Waals surface area contributed by atoms with Gasteiger partial charge in [-0.2, -0.15) is 0 Å². The number of nitrogens with zero attached hydrogens (tertiary/aromatic N) is 2. The number of fused-ring (bicyclic) bond motifs is 1. The highest BCUT2D eigenvalue weighted by Crippen LogP contribution is 2.32. The van der Waals surface area contributed by atoms with Crippen LogP contribution in [0.3, 0.4) is 0 Å². The molecule has 2 aliphatic rings. The van der Waals surface area contributed by atoms with E-state index in [1.54, 1.807) is 9.80 Å². The summed E-state index contributed by atoms with van der Waals surface area (Å²) in [5.74, 6) is 0.104. The Morgan fingerprint density at radius 1 is 1.10 bits per heavy atom. The Balaban J connectivity index is 1.44. The van der Waals surface area contributed by atoms with E-state index in [0.717, 1.165) is 35.1 Å². The minimum atomic E-state index is -0.485. The van der Waals surface area contributed by atoms with E-state index in [2.05, 4.69) is 16.4 Å². The van der Waals surface area contributed by atoms with Gasteiger partial charge in [0.05, 0.1) is 0 Å². The van der Waals surface area contributed by atoms with E-state index in [9.17, 15) is 14.4 Å². The number of H-pyrrole nitrogens is 1. The van der Waals surface area contributed by atoms with Gasteiger partial charge in [-0.25, -0.2) is 9.59 Å². The molecule has 3 heterocycles. The second-order valence-electron chi connectivity index (χ2n) is 8.99. The second kappa shape index (κ2) is 7.66. The van der Waals surface area contributed by atoms with Crippen molar-refractivity contribution in [2.24, 2.45) is 0 Å². The number of hydrogen-bond donors (Lipinski definition) is 2. The van der Waals surface area contributed by atoms with E-state index in [-0.39, 0.29) is 18.0 Å². The SMILES string of the molecule is CC(C)(C)OC(=O)N1CCC(c2cc3ccc(N4CCC(=O)NC4=O)cc3[nH]2)CC1. The lowest BCUT2D eigenvalue weighted by Gasteiger charge is -2.33. The topological polar surface area (TPSA) is 94.7 Å². The number of hydrogen-bond acceptors (Lipinski definition) is 4. The standard InChI is InChI=1S/C22H28N4O4/c1-22(2,3)30-21(29)25-9-6-14(7-10-25)17-12-15-4-5-16(13-18(15)23-17)26-11-8-19(27)24-20(26)28/h4-5,12-14,23H,6-11H2,1-3H3,(H,24,27,28). The number of amides is 4. The van der Waals surface area contributed by atoms with Crippen LogP contribution in [0.4, 0.5) is 15.3 Å². The van der Waals surface area contributed by atoms with Crippen molar-refractivity contribution in [3.63, 3.8) is 0 Å². The molecular formula is C22H28N4O4. The molecule has 2 fully saturated rings. The summed E-state index contributed by atoms with van der Waals surface area (Å²) in [5.41, 5.74) is 2.38. The van der Waals surface area contributed by atoms with Gasteiger partial charge in [-0.05, 0) is 57.2 Å². The zero-order chi connectivity index (χ0) is 21.5. The molecule has 8 heteroatoms. The first-order valence-corrected chi connectivity index (χ1v) is 10.4. The molecule has 4 amide bonds. The van der Waals surface area contributed by atoms with Gasteiger partial charge in [-0.3, -0.25) is 15.0 Å². The predicted octanol–water partition coefficient (Wildman–Crippen LogP) is 3.73. The number of piperidine rings is 1. The van der Waals surface area contributed by atoms with Gasteiger partial charge in [0.2, 0.25) is 5.91 Å². The highest BCUT2D eigenvalue weighted by Gasteiger charge is 2.28. The van der Waals surface area contributed by atoms with E-state index in [4.69, 9.17) is 4.74 Å². The second-order valence-corrected chi connectivity index (χ2v) is 8.99. The fourth-order valence-corrected chi connectivity index (χ4v) is 4.04. The first-order chi connectivity index (χ1) is 14.2. The Morgan fingerprint density at radius 3 is 2.50 bits per heavy atom. The number of imide groups is 1. The van der Waals surface area contributed by atoms with Gasteiger partial charge in [-0.15, -0.1) is 0 Å². The Kier molecular flexibility index (Phi) is 5.17. The van der Waals surface area contributed by atoms with E-state index in [1.165, 1.54) is 0 Å². The maximum absolute atomic E-state index is 12.3. The fourth-order valence-electron chi connectivity index (χ4n) is 4.04. The van der Waals surface area contributed by atoms with Crippen LogP contribution in [0, 0.1) is 0 Å². The Bertz CT molecular complexity index is 983. The molecule has 0 saturated carbocycles. The fraction of sp³-hybridized carbons (Fsp3) is 0.500. The number of ether oxygens (including phenoxy) is 1. The molecule has 30 heavy (non-hydrogen) atoms. The molecule has 0 radical (unpaired) electrons. The normalized spacial score (nSPS) is 18.6. The van der Waals surface area contributed by atoms with E-state index in [1.807, 2.05) is 39.0 Å². The van der Waals surface area contributed by atoms with Crippen molar-refractivity contribution in [2.75, 3.05) is 24.5 Å². The molecule has 160 valence electrons. The van der Waals surface area contributed by atoms with Gasteiger partial charge in [0.1, 0.15) is 5.60 Å². The summed E-state index contributed by atoms with van der Waals surface area (Å²) in [5, 5.41) is 3.44. The molecule has 2 saturated heterocycles. The quantitative estimate of drug-likeness (QED) is 0.786. The van der Waals surface area contributed by atoms with Crippen LogP contribution in [0.15, 0.2) is 24.3 Å². The third-order valence-corrected chi connectivity index (χ3v) is 5.58. The molecule has 0 atom stereocenters. The first kappa shape index (κ1) is 20.3. The summed E-state index contributed by atoms with van der Waals surface area (Å²) < 4.78 is 5.47. The van der Waals surface area contributed by atoms with Crippen molar-refractivity contribution in [3.05, 3.63) is 30.0 Å². The third kappa shape index (κ3) is 4.27. The molecule has 2 N–H and O–H groups in total. The Hall–Kier alpha value is -3.03. The van der Waals surface area contributed by atoms with Crippen molar-refractivity contribution in [1.82, 2.24) is 15.2 Å².